The van der Waals surface area contributed by atoms with E-state index in [4.69, 9.17) is 11.6 Å². The molecule has 0 amide bonds. The second-order valence-electron chi connectivity index (χ2n) is 4.44. The smallest absolute Gasteiger partial charge is 0.268 e. The summed E-state index contributed by atoms with van der Waals surface area (Å²) in [7, 11) is 1.60. The van der Waals surface area contributed by atoms with Crippen LogP contribution in [-0.4, -0.2) is 9.55 Å². The molecule has 6 heteroatoms. The van der Waals surface area contributed by atoms with Crippen LogP contribution >= 0.6 is 11.6 Å². The van der Waals surface area contributed by atoms with Crippen molar-refractivity contribution in [1.29, 1.82) is 0 Å². The van der Waals surface area contributed by atoms with E-state index in [-0.39, 0.29) is 0 Å². The maximum atomic E-state index is 12.1. The Morgan fingerprint density at radius 2 is 1.85 bits per heavy atom. The van der Waals surface area contributed by atoms with Gasteiger partial charge in [0.25, 0.3) is 11.2 Å². The van der Waals surface area contributed by atoms with Crippen molar-refractivity contribution in [3.8, 4) is 11.1 Å². The summed E-state index contributed by atoms with van der Waals surface area (Å²) < 4.78 is 1.37. The van der Waals surface area contributed by atoms with Crippen LogP contribution in [0.1, 0.15) is 0 Å². The van der Waals surface area contributed by atoms with E-state index >= 15 is 0 Å². The van der Waals surface area contributed by atoms with E-state index in [2.05, 4.69) is 9.97 Å². The molecule has 3 aromatic rings. The molecule has 0 unspecified atom stereocenters. The van der Waals surface area contributed by atoms with Gasteiger partial charge in [-0.05, 0) is 23.8 Å². The molecular formula is C14H11ClN3O2+. The van der Waals surface area contributed by atoms with Crippen LogP contribution in [0.2, 0.25) is 5.02 Å². The SMILES string of the molecule is Cn1c(=O)[nH]c(=O)c2c(-c3ccc(Cl)cc3)cc[nH+]c21. The zero-order valence-corrected chi connectivity index (χ0v) is 11.4. The van der Waals surface area contributed by atoms with Crippen LogP contribution in [0.4, 0.5) is 0 Å². The van der Waals surface area contributed by atoms with E-state index in [0.29, 0.717) is 16.1 Å². The summed E-state index contributed by atoms with van der Waals surface area (Å²) in [5, 5.41) is 1.07. The highest BCUT2D eigenvalue weighted by Crippen LogP contribution is 2.24. The van der Waals surface area contributed by atoms with E-state index in [0.717, 1.165) is 11.1 Å². The van der Waals surface area contributed by atoms with Crippen LogP contribution in [0.15, 0.2) is 46.1 Å². The van der Waals surface area contributed by atoms with Gasteiger partial charge in [0.05, 0.1) is 13.2 Å². The summed E-state index contributed by atoms with van der Waals surface area (Å²) in [6, 6.07) is 8.99. The van der Waals surface area contributed by atoms with Gasteiger partial charge in [0.15, 0.2) is 0 Å². The molecule has 0 atom stereocenters. The first kappa shape index (κ1) is 12.6. The number of hydrogen-bond donors (Lipinski definition) is 1. The van der Waals surface area contributed by atoms with Gasteiger partial charge in [0, 0.05) is 10.6 Å². The molecule has 0 radical (unpaired) electrons. The topological polar surface area (TPSA) is 69.0 Å². The number of H-pyrrole nitrogens is 2. The summed E-state index contributed by atoms with van der Waals surface area (Å²) in [5.74, 6) is 0. The second-order valence-corrected chi connectivity index (χ2v) is 4.88. The van der Waals surface area contributed by atoms with Gasteiger partial charge >= 0.3 is 5.69 Å². The molecule has 0 aliphatic heterocycles. The van der Waals surface area contributed by atoms with E-state index in [9.17, 15) is 9.59 Å². The number of hydrogen-bond acceptors (Lipinski definition) is 2. The molecule has 0 aliphatic rings. The molecule has 0 saturated carbocycles. The molecule has 0 spiro atoms. The Bertz CT molecular complexity index is 910. The van der Waals surface area contributed by atoms with E-state index in [1.807, 2.05) is 12.1 Å². The lowest BCUT2D eigenvalue weighted by atomic mass is 10.0. The summed E-state index contributed by atoms with van der Waals surface area (Å²) in [5.41, 5.74) is 1.22. The molecule has 1 aromatic carbocycles. The van der Waals surface area contributed by atoms with Gasteiger partial charge in [-0.15, -0.1) is 0 Å². The molecule has 5 nitrogen and oxygen atoms in total. The minimum absolute atomic E-state index is 0.412. The highest BCUT2D eigenvalue weighted by atomic mass is 35.5. The third-order valence-electron chi connectivity index (χ3n) is 3.22. The lowest BCUT2D eigenvalue weighted by Crippen LogP contribution is -2.32. The van der Waals surface area contributed by atoms with Crippen molar-refractivity contribution in [1.82, 2.24) is 9.55 Å². The number of pyridine rings is 1. The van der Waals surface area contributed by atoms with Crippen LogP contribution in [0.25, 0.3) is 22.2 Å². The highest BCUT2D eigenvalue weighted by Gasteiger charge is 2.16. The number of nitrogens with zero attached hydrogens (tertiary/aromatic N) is 1. The van der Waals surface area contributed by atoms with E-state index < -0.39 is 11.2 Å². The van der Waals surface area contributed by atoms with Crippen molar-refractivity contribution in [2.45, 2.75) is 0 Å². The second kappa shape index (κ2) is 4.61. The molecule has 0 aliphatic carbocycles. The maximum Gasteiger partial charge on any atom is 0.415 e. The zero-order chi connectivity index (χ0) is 14.3. The molecule has 0 bridgehead atoms. The Kier molecular flexibility index (Phi) is 2.91. The standard InChI is InChI=1S/C14H10ClN3O2/c1-18-12-11(13(19)17-14(18)20)10(6-7-16-12)8-2-4-9(15)5-3-8/h2-7H,1H3,(H,17,19,20)/p+1. The maximum absolute atomic E-state index is 12.1. The summed E-state index contributed by atoms with van der Waals surface area (Å²) in [6.07, 6.45) is 1.70. The average Bonchev–Trinajstić information content (AvgIpc) is 2.45. The van der Waals surface area contributed by atoms with Crippen molar-refractivity contribution < 1.29 is 4.98 Å². The Morgan fingerprint density at radius 1 is 1.15 bits per heavy atom. The molecule has 2 aromatic heterocycles. The zero-order valence-electron chi connectivity index (χ0n) is 10.6. The lowest BCUT2D eigenvalue weighted by molar-refractivity contribution is -0.349. The quantitative estimate of drug-likeness (QED) is 0.734. The first-order valence-corrected chi connectivity index (χ1v) is 6.35. The van der Waals surface area contributed by atoms with Gasteiger partial charge in [-0.1, -0.05) is 23.7 Å². The number of aromatic amines is 2. The van der Waals surface area contributed by atoms with Gasteiger partial charge < -0.3 is 0 Å². The number of fused-ring (bicyclic) bond motifs is 1. The van der Waals surface area contributed by atoms with Crippen molar-refractivity contribution in [3.05, 3.63) is 62.4 Å². The van der Waals surface area contributed by atoms with Crippen LogP contribution in [0.5, 0.6) is 0 Å². The van der Waals surface area contributed by atoms with Gasteiger partial charge in [-0.25, -0.2) is 9.78 Å². The minimum atomic E-state index is -0.452. The third-order valence-corrected chi connectivity index (χ3v) is 3.47. The third kappa shape index (κ3) is 1.92. The van der Waals surface area contributed by atoms with E-state index in [1.165, 1.54) is 4.57 Å². The molecule has 2 heterocycles. The lowest BCUT2D eigenvalue weighted by Gasteiger charge is -2.04. The van der Waals surface area contributed by atoms with Crippen LogP contribution in [0, 0.1) is 0 Å². The van der Waals surface area contributed by atoms with Gasteiger partial charge in [-0.2, -0.15) is 4.57 Å². The molecule has 0 fully saturated rings. The fraction of sp³-hybridized carbons (Fsp3) is 0.0714. The molecule has 20 heavy (non-hydrogen) atoms. The predicted octanol–water partition coefficient (Wildman–Crippen LogP) is 1.36. The Labute approximate surface area is 118 Å². The number of halogens is 1. The molecule has 0 saturated heterocycles. The molecule has 3 rings (SSSR count). The number of aryl methyl sites for hydroxylation is 1. The van der Waals surface area contributed by atoms with Crippen molar-refractivity contribution in [2.75, 3.05) is 0 Å². The van der Waals surface area contributed by atoms with Crippen LogP contribution in [-0.2, 0) is 7.05 Å². The summed E-state index contributed by atoms with van der Waals surface area (Å²) in [6.45, 7) is 0. The van der Waals surface area contributed by atoms with Crippen LogP contribution < -0.4 is 16.2 Å². The highest BCUT2D eigenvalue weighted by molar-refractivity contribution is 6.30. The van der Waals surface area contributed by atoms with Crippen LogP contribution in [0.3, 0.4) is 0 Å². The van der Waals surface area contributed by atoms with Gasteiger partial charge in [0.1, 0.15) is 5.39 Å². The average molecular weight is 289 g/mol. The first-order chi connectivity index (χ1) is 9.58. The Morgan fingerprint density at radius 3 is 2.55 bits per heavy atom. The normalized spacial score (nSPS) is 10.9. The largest absolute Gasteiger partial charge is 0.415 e. The number of nitrogens with one attached hydrogen (secondary N) is 2. The minimum Gasteiger partial charge on any atom is -0.268 e. The van der Waals surface area contributed by atoms with Crippen molar-refractivity contribution in [2.24, 2.45) is 7.05 Å². The molecular weight excluding hydrogens is 278 g/mol. The summed E-state index contributed by atoms with van der Waals surface area (Å²) >= 11 is 5.88. The first-order valence-electron chi connectivity index (χ1n) is 5.97. The fourth-order valence-corrected chi connectivity index (χ4v) is 2.32. The van der Waals surface area contributed by atoms with Crippen molar-refractivity contribution >= 4 is 22.6 Å². The molecule has 2 N–H and O–H groups in total. The predicted molar refractivity (Wildman–Crippen MR) is 76.8 cm³/mol. The van der Waals surface area contributed by atoms with Gasteiger partial charge in [-0.3, -0.25) is 9.78 Å². The Hall–Kier alpha value is -2.40. The van der Waals surface area contributed by atoms with E-state index in [1.54, 1.807) is 31.4 Å². The number of aromatic nitrogens is 3. The monoisotopic (exact) mass is 288 g/mol. The fourth-order valence-electron chi connectivity index (χ4n) is 2.20. The van der Waals surface area contributed by atoms with Crippen molar-refractivity contribution in [3.63, 3.8) is 0 Å². The Balaban J connectivity index is 2.44. The summed E-state index contributed by atoms with van der Waals surface area (Å²) in [4.78, 5) is 29.0. The number of rotatable bonds is 1. The van der Waals surface area contributed by atoms with Gasteiger partial charge in [0.2, 0.25) is 0 Å². The molecule has 100 valence electrons. The number of benzene rings is 1.